The Hall–Kier alpha value is -1.89. The molecule has 0 radical (unpaired) electrons. The number of aromatic nitrogens is 2. The topological polar surface area (TPSA) is 99.4 Å². The Bertz CT molecular complexity index is 772. The number of nitrogens with zero attached hydrogens (tertiary/aromatic N) is 2. The molecule has 1 unspecified atom stereocenters. The van der Waals surface area contributed by atoms with Gasteiger partial charge in [0.1, 0.15) is 18.5 Å². The van der Waals surface area contributed by atoms with Gasteiger partial charge in [0.2, 0.25) is 0 Å². The van der Waals surface area contributed by atoms with Crippen molar-refractivity contribution in [3.8, 4) is 0 Å². The number of aliphatic carboxylic acids is 1. The molecule has 3 rings (SSSR count). The van der Waals surface area contributed by atoms with Crippen molar-refractivity contribution >= 4 is 17.6 Å². The van der Waals surface area contributed by atoms with Crippen LogP contribution in [-0.2, 0) is 22.5 Å². The van der Waals surface area contributed by atoms with E-state index in [0.717, 1.165) is 48.5 Å². The van der Waals surface area contributed by atoms with Crippen molar-refractivity contribution in [3.05, 3.63) is 52.1 Å². The van der Waals surface area contributed by atoms with Crippen molar-refractivity contribution in [3.63, 3.8) is 0 Å². The first-order valence-electron chi connectivity index (χ1n) is 9.12. The number of halogens is 1. The van der Waals surface area contributed by atoms with E-state index in [2.05, 4.69) is 18.4 Å². The Morgan fingerprint density at radius 1 is 1.33 bits per heavy atom. The number of hydrogen-bond acceptors (Lipinski definition) is 4. The molecular formula is C20H28ClN3O3. The van der Waals surface area contributed by atoms with E-state index in [0.29, 0.717) is 11.6 Å². The van der Waals surface area contributed by atoms with Crippen LogP contribution in [0.3, 0.4) is 0 Å². The Morgan fingerprint density at radius 2 is 2.04 bits per heavy atom. The SMILES string of the molecule is CC(C)c1nc2c(n1Cc1ccc(Cl)cc1)C(OCC(=O)O)CCCC2.N. The van der Waals surface area contributed by atoms with Crippen molar-refractivity contribution < 1.29 is 14.6 Å². The minimum atomic E-state index is -0.941. The van der Waals surface area contributed by atoms with Crippen LogP contribution in [0, 0.1) is 0 Å². The second kappa shape index (κ2) is 9.35. The number of benzene rings is 1. The molecule has 148 valence electrons. The van der Waals surface area contributed by atoms with Crippen LogP contribution < -0.4 is 6.15 Å². The van der Waals surface area contributed by atoms with Crippen molar-refractivity contribution in [1.82, 2.24) is 15.7 Å². The fourth-order valence-electron chi connectivity index (χ4n) is 3.55. The summed E-state index contributed by atoms with van der Waals surface area (Å²) in [5.74, 6) is 0.355. The van der Waals surface area contributed by atoms with Gasteiger partial charge in [-0.3, -0.25) is 0 Å². The molecule has 0 spiro atoms. The molecule has 0 fully saturated rings. The first-order chi connectivity index (χ1) is 12.5. The lowest BCUT2D eigenvalue weighted by atomic mass is 10.1. The van der Waals surface area contributed by atoms with Crippen LogP contribution in [0.4, 0.5) is 0 Å². The van der Waals surface area contributed by atoms with E-state index >= 15 is 0 Å². The van der Waals surface area contributed by atoms with Crippen LogP contribution in [0.2, 0.25) is 5.02 Å². The number of carboxylic acids is 1. The summed E-state index contributed by atoms with van der Waals surface area (Å²) in [6.45, 7) is 4.66. The molecule has 1 aliphatic carbocycles. The summed E-state index contributed by atoms with van der Waals surface area (Å²) >= 11 is 6.01. The fourth-order valence-corrected chi connectivity index (χ4v) is 3.68. The lowest BCUT2D eigenvalue weighted by molar-refractivity contribution is -0.144. The molecule has 0 amide bonds. The first kappa shape index (κ1) is 21.4. The third-order valence-corrected chi connectivity index (χ3v) is 4.98. The van der Waals surface area contributed by atoms with Gasteiger partial charge >= 0.3 is 5.97 Å². The minimum absolute atomic E-state index is 0. The Kier molecular flexibility index (Phi) is 7.41. The summed E-state index contributed by atoms with van der Waals surface area (Å²) in [5.41, 5.74) is 3.23. The van der Waals surface area contributed by atoms with E-state index in [1.807, 2.05) is 24.3 Å². The molecule has 1 aromatic carbocycles. The van der Waals surface area contributed by atoms with E-state index in [4.69, 9.17) is 26.4 Å². The van der Waals surface area contributed by atoms with Crippen LogP contribution in [0.25, 0.3) is 0 Å². The van der Waals surface area contributed by atoms with Crippen molar-refractivity contribution in [1.29, 1.82) is 0 Å². The zero-order valence-corrected chi connectivity index (χ0v) is 16.7. The van der Waals surface area contributed by atoms with Gasteiger partial charge < -0.3 is 20.6 Å². The van der Waals surface area contributed by atoms with E-state index in [1.54, 1.807) is 0 Å². The Labute approximate surface area is 165 Å². The van der Waals surface area contributed by atoms with Gasteiger partial charge in [0.15, 0.2) is 0 Å². The summed E-state index contributed by atoms with van der Waals surface area (Å²) in [6, 6.07) is 7.81. The van der Waals surface area contributed by atoms with Gasteiger partial charge in [0, 0.05) is 17.5 Å². The van der Waals surface area contributed by atoms with Gasteiger partial charge in [0.25, 0.3) is 0 Å². The average molecular weight is 394 g/mol. The molecule has 1 aliphatic rings. The maximum absolute atomic E-state index is 11.0. The second-order valence-electron chi connectivity index (χ2n) is 7.11. The van der Waals surface area contributed by atoms with Crippen LogP contribution in [0.1, 0.15) is 67.9 Å². The standard InChI is InChI=1S/C20H25ClN2O3.H3N/c1-13(2)20-22-16-5-3-4-6-17(26-12-18(24)25)19(16)23(20)11-14-7-9-15(21)10-8-14;/h7-10,13,17H,3-6,11-12H2,1-2H3,(H,24,25);1H3. The molecular weight excluding hydrogens is 366 g/mol. The van der Waals surface area contributed by atoms with Crippen LogP contribution in [-0.4, -0.2) is 27.2 Å². The summed E-state index contributed by atoms with van der Waals surface area (Å²) in [6.07, 6.45) is 3.57. The Morgan fingerprint density at radius 3 is 2.67 bits per heavy atom. The van der Waals surface area contributed by atoms with Gasteiger partial charge in [0.05, 0.1) is 11.4 Å². The summed E-state index contributed by atoms with van der Waals surface area (Å²) in [7, 11) is 0. The van der Waals surface area contributed by atoms with Crippen LogP contribution in [0.5, 0.6) is 0 Å². The smallest absolute Gasteiger partial charge is 0.329 e. The lowest BCUT2D eigenvalue weighted by Gasteiger charge is -2.21. The highest BCUT2D eigenvalue weighted by Gasteiger charge is 2.28. The van der Waals surface area contributed by atoms with Crippen LogP contribution in [0.15, 0.2) is 24.3 Å². The number of imidazole rings is 1. The predicted octanol–water partition coefficient (Wildman–Crippen LogP) is 4.74. The molecule has 6 nitrogen and oxygen atoms in total. The largest absolute Gasteiger partial charge is 0.480 e. The molecule has 1 heterocycles. The van der Waals surface area contributed by atoms with Gasteiger partial charge in [-0.25, -0.2) is 9.78 Å². The summed E-state index contributed by atoms with van der Waals surface area (Å²) in [5, 5.41) is 9.74. The highest BCUT2D eigenvalue weighted by atomic mass is 35.5. The van der Waals surface area contributed by atoms with Gasteiger partial charge in [-0.2, -0.15) is 0 Å². The molecule has 0 bridgehead atoms. The van der Waals surface area contributed by atoms with Crippen LogP contribution >= 0.6 is 11.6 Å². The van der Waals surface area contributed by atoms with Crippen molar-refractivity contribution in [2.24, 2.45) is 0 Å². The molecule has 4 N–H and O–H groups in total. The zero-order valence-electron chi connectivity index (χ0n) is 15.9. The molecule has 0 saturated heterocycles. The van der Waals surface area contributed by atoms with Crippen molar-refractivity contribution in [2.45, 2.75) is 58.1 Å². The van der Waals surface area contributed by atoms with E-state index in [9.17, 15) is 4.79 Å². The summed E-state index contributed by atoms with van der Waals surface area (Å²) < 4.78 is 7.98. The zero-order chi connectivity index (χ0) is 18.7. The normalized spacial score (nSPS) is 16.5. The molecule has 2 aromatic rings. The molecule has 0 aliphatic heterocycles. The Balaban J connectivity index is 0.00000261. The number of rotatable bonds is 6. The lowest BCUT2D eigenvalue weighted by Crippen LogP contribution is -2.18. The van der Waals surface area contributed by atoms with Crippen molar-refractivity contribution in [2.75, 3.05) is 6.61 Å². The van der Waals surface area contributed by atoms with E-state index in [-0.39, 0.29) is 24.8 Å². The fraction of sp³-hybridized carbons (Fsp3) is 0.500. The number of ether oxygens (including phenoxy) is 1. The molecule has 27 heavy (non-hydrogen) atoms. The van der Waals surface area contributed by atoms with Gasteiger partial charge in [-0.1, -0.05) is 44.0 Å². The first-order valence-corrected chi connectivity index (χ1v) is 9.50. The molecule has 1 atom stereocenters. The molecule has 1 aromatic heterocycles. The highest BCUT2D eigenvalue weighted by molar-refractivity contribution is 6.30. The second-order valence-corrected chi connectivity index (χ2v) is 7.54. The average Bonchev–Trinajstić information content (AvgIpc) is 2.82. The van der Waals surface area contributed by atoms with E-state index in [1.165, 1.54) is 0 Å². The molecule has 7 heteroatoms. The number of fused-ring (bicyclic) bond motifs is 1. The van der Waals surface area contributed by atoms with Gasteiger partial charge in [-0.15, -0.1) is 0 Å². The number of carbonyl (C=O) groups is 1. The number of hydrogen-bond donors (Lipinski definition) is 2. The quantitative estimate of drug-likeness (QED) is 0.690. The minimum Gasteiger partial charge on any atom is -0.480 e. The third-order valence-electron chi connectivity index (χ3n) is 4.73. The van der Waals surface area contributed by atoms with Gasteiger partial charge in [-0.05, 0) is 37.0 Å². The predicted molar refractivity (Wildman–Crippen MR) is 106 cm³/mol. The molecule has 0 saturated carbocycles. The maximum Gasteiger partial charge on any atom is 0.329 e. The maximum atomic E-state index is 11.0. The summed E-state index contributed by atoms with van der Waals surface area (Å²) in [4.78, 5) is 15.9. The monoisotopic (exact) mass is 393 g/mol. The number of aryl methyl sites for hydroxylation is 1. The highest BCUT2D eigenvalue weighted by Crippen LogP contribution is 2.34. The van der Waals surface area contributed by atoms with E-state index < -0.39 is 5.97 Å². The third kappa shape index (κ3) is 5.09. The number of carboxylic acid groups (broad SMARTS) is 1.